The summed E-state index contributed by atoms with van der Waals surface area (Å²) in [4.78, 5) is 16.1. The van der Waals surface area contributed by atoms with Crippen molar-refractivity contribution in [3.63, 3.8) is 0 Å². The molecule has 0 unspecified atom stereocenters. The smallest absolute Gasteiger partial charge is 0.363 e. The largest absolute Gasteiger partial charge is 0.497 e. The first kappa shape index (κ1) is 13.9. The van der Waals surface area contributed by atoms with Crippen LogP contribution >= 0.6 is 0 Å². The van der Waals surface area contributed by atoms with Crippen molar-refractivity contribution in [3.05, 3.63) is 53.6 Å². The van der Waals surface area contributed by atoms with Crippen molar-refractivity contribution in [2.24, 2.45) is 4.99 Å². The zero-order chi connectivity index (χ0) is 15.5. The first-order valence-electron chi connectivity index (χ1n) is 6.49. The van der Waals surface area contributed by atoms with Crippen LogP contribution in [0.1, 0.15) is 11.3 Å². The molecule has 2 aromatic rings. The molecule has 0 aliphatic carbocycles. The second kappa shape index (κ2) is 5.77. The summed E-state index contributed by atoms with van der Waals surface area (Å²) in [6, 6.07) is 8.60. The Morgan fingerprint density at radius 2 is 1.86 bits per heavy atom. The fourth-order valence-electron chi connectivity index (χ4n) is 1.97. The number of hydrogen-bond donors (Lipinski definition) is 0. The first-order valence-corrected chi connectivity index (χ1v) is 6.49. The molecule has 0 fully saturated rings. The van der Waals surface area contributed by atoms with E-state index in [1.54, 1.807) is 44.6 Å². The van der Waals surface area contributed by atoms with Gasteiger partial charge in [-0.1, -0.05) is 0 Å². The van der Waals surface area contributed by atoms with E-state index in [9.17, 15) is 4.79 Å². The second-order valence-corrected chi connectivity index (χ2v) is 4.45. The second-order valence-electron chi connectivity index (χ2n) is 4.45. The van der Waals surface area contributed by atoms with E-state index < -0.39 is 5.97 Å². The van der Waals surface area contributed by atoms with E-state index in [1.165, 1.54) is 12.3 Å². The molecule has 0 spiro atoms. The number of methoxy groups -OCH3 is 2. The summed E-state index contributed by atoms with van der Waals surface area (Å²) in [5, 5.41) is 0. The summed E-state index contributed by atoms with van der Waals surface area (Å²) in [5.41, 5.74) is 0.763. The molecule has 1 aliphatic rings. The van der Waals surface area contributed by atoms with Crippen molar-refractivity contribution < 1.29 is 23.4 Å². The van der Waals surface area contributed by atoms with Crippen molar-refractivity contribution in [3.8, 4) is 11.5 Å². The standard InChI is InChI=1S/C16H13NO5/c1-19-12-6-10(7-13(8-12)20-2)15-17-14(16(18)22-15)9-11-4-3-5-21-11/h3-9H,1-2H3/b14-9-. The number of nitrogens with zero attached hydrogens (tertiary/aromatic N) is 1. The third kappa shape index (κ3) is 2.71. The van der Waals surface area contributed by atoms with Crippen LogP contribution < -0.4 is 9.47 Å². The summed E-state index contributed by atoms with van der Waals surface area (Å²) in [6.45, 7) is 0. The van der Waals surface area contributed by atoms with E-state index in [2.05, 4.69) is 4.99 Å². The first-order chi connectivity index (χ1) is 10.7. The Kier molecular flexibility index (Phi) is 3.65. The number of esters is 1. The Labute approximate surface area is 126 Å². The van der Waals surface area contributed by atoms with Crippen LogP contribution in [0, 0.1) is 0 Å². The van der Waals surface area contributed by atoms with Gasteiger partial charge in [-0.05, 0) is 24.3 Å². The summed E-state index contributed by atoms with van der Waals surface area (Å²) in [6.07, 6.45) is 3.04. The number of aliphatic imine (C=N–C) groups is 1. The normalized spacial score (nSPS) is 15.6. The monoisotopic (exact) mass is 299 g/mol. The number of benzene rings is 1. The maximum absolute atomic E-state index is 11.9. The van der Waals surface area contributed by atoms with Gasteiger partial charge in [0.1, 0.15) is 17.3 Å². The van der Waals surface area contributed by atoms with Gasteiger partial charge in [0.2, 0.25) is 5.90 Å². The molecule has 0 atom stereocenters. The number of furan rings is 1. The Balaban J connectivity index is 1.97. The fraction of sp³-hybridized carbons (Fsp3) is 0.125. The van der Waals surface area contributed by atoms with E-state index in [1.807, 2.05) is 0 Å². The SMILES string of the molecule is COc1cc(OC)cc(C2=N/C(=C\c3ccco3)C(=O)O2)c1. The number of carbonyl (C=O) groups is 1. The number of ether oxygens (including phenoxy) is 3. The fourth-order valence-corrected chi connectivity index (χ4v) is 1.97. The molecule has 22 heavy (non-hydrogen) atoms. The third-order valence-corrected chi connectivity index (χ3v) is 3.04. The number of cyclic esters (lactones) is 1. The van der Waals surface area contributed by atoms with Gasteiger partial charge in [-0.25, -0.2) is 9.79 Å². The highest BCUT2D eigenvalue weighted by Crippen LogP contribution is 2.26. The van der Waals surface area contributed by atoms with Crippen LogP contribution in [0.3, 0.4) is 0 Å². The lowest BCUT2D eigenvalue weighted by molar-refractivity contribution is -0.129. The molecule has 0 saturated heterocycles. The van der Waals surface area contributed by atoms with Gasteiger partial charge in [-0.2, -0.15) is 0 Å². The lowest BCUT2D eigenvalue weighted by Gasteiger charge is -2.07. The molecule has 1 aromatic heterocycles. The molecule has 6 heteroatoms. The summed E-state index contributed by atoms with van der Waals surface area (Å²) in [5.74, 6) is 1.35. The van der Waals surface area contributed by atoms with Gasteiger partial charge < -0.3 is 18.6 Å². The van der Waals surface area contributed by atoms with Gasteiger partial charge in [0.15, 0.2) is 5.70 Å². The highest BCUT2D eigenvalue weighted by Gasteiger charge is 2.25. The average molecular weight is 299 g/mol. The zero-order valence-electron chi connectivity index (χ0n) is 12.0. The molecular formula is C16H13NO5. The van der Waals surface area contributed by atoms with E-state index in [-0.39, 0.29) is 11.6 Å². The average Bonchev–Trinajstić information content (AvgIpc) is 3.17. The maximum Gasteiger partial charge on any atom is 0.363 e. The molecule has 0 amide bonds. The molecule has 112 valence electrons. The predicted molar refractivity (Wildman–Crippen MR) is 78.9 cm³/mol. The van der Waals surface area contributed by atoms with Gasteiger partial charge in [0, 0.05) is 17.7 Å². The minimum atomic E-state index is -0.534. The Morgan fingerprint density at radius 3 is 2.45 bits per heavy atom. The molecule has 0 saturated carbocycles. The van der Waals surface area contributed by atoms with Crippen molar-refractivity contribution in [1.82, 2.24) is 0 Å². The molecule has 0 bridgehead atoms. The Bertz CT molecular complexity index is 737. The zero-order valence-corrected chi connectivity index (χ0v) is 12.0. The van der Waals surface area contributed by atoms with Crippen LogP contribution in [0.4, 0.5) is 0 Å². The molecule has 1 aromatic carbocycles. The van der Waals surface area contributed by atoms with Gasteiger partial charge in [0.05, 0.1) is 20.5 Å². The van der Waals surface area contributed by atoms with Crippen LogP contribution in [-0.4, -0.2) is 26.1 Å². The van der Waals surface area contributed by atoms with Crippen LogP contribution in [-0.2, 0) is 9.53 Å². The Hall–Kier alpha value is -3.02. The van der Waals surface area contributed by atoms with Gasteiger partial charge in [-0.15, -0.1) is 0 Å². The molecule has 3 rings (SSSR count). The van der Waals surface area contributed by atoms with E-state index in [4.69, 9.17) is 18.6 Å². The lowest BCUT2D eigenvalue weighted by atomic mass is 10.2. The van der Waals surface area contributed by atoms with E-state index in [0.717, 1.165) is 0 Å². The minimum absolute atomic E-state index is 0.173. The topological polar surface area (TPSA) is 70.3 Å². The Morgan fingerprint density at radius 1 is 1.14 bits per heavy atom. The molecule has 0 radical (unpaired) electrons. The highest BCUT2D eigenvalue weighted by molar-refractivity contribution is 6.13. The molecule has 0 N–H and O–H groups in total. The molecule has 6 nitrogen and oxygen atoms in total. The van der Waals surface area contributed by atoms with Crippen molar-refractivity contribution in [2.75, 3.05) is 14.2 Å². The van der Waals surface area contributed by atoms with Crippen molar-refractivity contribution in [2.45, 2.75) is 0 Å². The number of carbonyl (C=O) groups excluding carboxylic acids is 1. The van der Waals surface area contributed by atoms with Gasteiger partial charge in [-0.3, -0.25) is 0 Å². The number of rotatable bonds is 4. The van der Waals surface area contributed by atoms with Crippen molar-refractivity contribution in [1.29, 1.82) is 0 Å². The minimum Gasteiger partial charge on any atom is -0.497 e. The highest BCUT2D eigenvalue weighted by atomic mass is 16.6. The summed E-state index contributed by atoms with van der Waals surface area (Å²) in [7, 11) is 3.09. The summed E-state index contributed by atoms with van der Waals surface area (Å²) < 4.78 is 20.7. The predicted octanol–water partition coefficient (Wildman–Crippen LogP) is 2.64. The third-order valence-electron chi connectivity index (χ3n) is 3.04. The maximum atomic E-state index is 11.9. The van der Waals surface area contributed by atoms with E-state index in [0.29, 0.717) is 22.8 Å². The van der Waals surface area contributed by atoms with Crippen LogP contribution in [0.2, 0.25) is 0 Å². The van der Waals surface area contributed by atoms with Crippen LogP contribution in [0.15, 0.2) is 51.7 Å². The van der Waals surface area contributed by atoms with Gasteiger partial charge >= 0.3 is 5.97 Å². The molecule has 2 heterocycles. The van der Waals surface area contributed by atoms with Gasteiger partial charge in [0.25, 0.3) is 0 Å². The molecular weight excluding hydrogens is 286 g/mol. The van der Waals surface area contributed by atoms with E-state index >= 15 is 0 Å². The quantitative estimate of drug-likeness (QED) is 0.641. The van der Waals surface area contributed by atoms with Crippen LogP contribution in [0.5, 0.6) is 11.5 Å². The number of hydrogen-bond acceptors (Lipinski definition) is 6. The molecule has 1 aliphatic heterocycles. The van der Waals surface area contributed by atoms with Crippen molar-refractivity contribution >= 4 is 17.9 Å². The van der Waals surface area contributed by atoms with Crippen LogP contribution in [0.25, 0.3) is 6.08 Å². The summed E-state index contributed by atoms with van der Waals surface area (Å²) >= 11 is 0. The lowest BCUT2D eigenvalue weighted by Crippen LogP contribution is -2.06.